The fraction of sp³-hybridized carbons (Fsp3) is 0.643. The van der Waals surface area contributed by atoms with E-state index in [-0.39, 0.29) is 11.9 Å². The average molecular weight is 279 g/mol. The van der Waals surface area contributed by atoms with E-state index in [0.29, 0.717) is 5.56 Å². The van der Waals surface area contributed by atoms with Crippen molar-refractivity contribution in [2.45, 2.75) is 51.1 Å². The summed E-state index contributed by atoms with van der Waals surface area (Å²) in [5.74, 6) is -1.05. The van der Waals surface area contributed by atoms with Crippen LogP contribution in [0, 0.1) is 0 Å². The smallest absolute Gasteiger partial charge is 0.328 e. The Kier molecular flexibility index (Phi) is 4.42. The van der Waals surface area contributed by atoms with E-state index in [1.54, 1.807) is 4.90 Å². The number of nitrogens with zero attached hydrogens (tertiary/aromatic N) is 3. The van der Waals surface area contributed by atoms with Crippen molar-refractivity contribution in [3.63, 3.8) is 0 Å². The van der Waals surface area contributed by atoms with Gasteiger partial charge in [0.15, 0.2) is 0 Å². The Morgan fingerprint density at radius 3 is 2.65 bits per heavy atom. The highest BCUT2D eigenvalue weighted by molar-refractivity contribution is 5.93. The third-order valence-electron chi connectivity index (χ3n) is 4.05. The highest BCUT2D eigenvalue weighted by Gasteiger charge is 2.24. The molecule has 0 bridgehead atoms. The van der Waals surface area contributed by atoms with Crippen molar-refractivity contribution in [2.75, 3.05) is 7.05 Å². The number of carbonyl (C=O) groups is 2. The summed E-state index contributed by atoms with van der Waals surface area (Å²) >= 11 is 0. The molecule has 0 aromatic carbocycles. The van der Waals surface area contributed by atoms with E-state index < -0.39 is 12.0 Å². The average Bonchev–Trinajstić information content (AvgIpc) is 2.95. The first-order valence-electron chi connectivity index (χ1n) is 7.05. The number of rotatable bonds is 4. The summed E-state index contributed by atoms with van der Waals surface area (Å²) in [7, 11) is 1.82. The van der Waals surface area contributed by atoms with Gasteiger partial charge in [-0.25, -0.2) is 4.79 Å². The molecule has 1 aliphatic carbocycles. The minimum atomic E-state index is -0.965. The van der Waals surface area contributed by atoms with Crippen LogP contribution in [0.1, 0.15) is 55.4 Å². The van der Waals surface area contributed by atoms with Gasteiger partial charge in [-0.3, -0.25) is 9.48 Å². The zero-order valence-corrected chi connectivity index (χ0v) is 12.0. The fourth-order valence-electron chi connectivity index (χ4n) is 2.61. The summed E-state index contributed by atoms with van der Waals surface area (Å²) in [6.07, 6.45) is 8.62. The standard InChI is InChI=1S/C14H21N3O3/c1-10(14(19)20)17-9-11(8-15-17)13(18)16(2)12-6-4-3-5-7-12/h8-10,12H,3-7H2,1-2H3,(H,19,20). The number of amides is 1. The molecule has 20 heavy (non-hydrogen) atoms. The van der Waals surface area contributed by atoms with Crippen LogP contribution in [0.15, 0.2) is 12.4 Å². The lowest BCUT2D eigenvalue weighted by Gasteiger charge is -2.30. The molecule has 0 aliphatic heterocycles. The van der Waals surface area contributed by atoms with Crippen LogP contribution in [0.3, 0.4) is 0 Å². The van der Waals surface area contributed by atoms with Gasteiger partial charge in [0, 0.05) is 19.3 Å². The third-order valence-corrected chi connectivity index (χ3v) is 4.05. The number of aliphatic carboxylic acids is 1. The second-order valence-electron chi connectivity index (χ2n) is 5.43. The number of hydrogen-bond acceptors (Lipinski definition) is 3. The van der Waals surface area contributed by atoms with E-state index in [1.807, 2.05) is 7.05 Å². The summed E-state index contributed by atoms with van der Waals surface area (Å²) in [4.78, 5) is 25.0. The molecule has 1 heterocycles. The minimum Gasteiger partial charge on any atom is -0.480 e. The molecule has 0 radical (unpaired) electrons. The molecule has 1 aromatic heterocycles. The zero-order valence-electron chi connectivity index (χ0n) is 12.0. The molecule has 2 rings (SSSR count). The van der Waals surface area contributed by atoms with Gasteiger partial charge in [-0.2, -0.15) is 5.10 Å². The van der Waals surface area contributed by atoms with Gasteiger partial charge in [-0.1, -0.05) is 19.3 Å². The van der Waals surface area contributed by atoms with E-state index in [1.165, 1.54) is 30.4 Å². The summed E-state index contributed by atoms with van der Waals surface area (Å²) in [5, 5.41) is 12.9. The van der Waals surface area contributed by atoms with E-state index >= 15 is 0 Å². The van der Waals surface area contributed by atoms with Gasteiger partial charge in [0.1, 0.15) is 6.04 Å². The number of hydrogen-bond donors (Lipinski definition) is 1. The second kappa shape index (κ2) is 6.07. The number of carboxylic acids is 1. The SMILES string of the molecule is CC(C(=O)O)n1cc(C(=O)N(C)C2CCCCC2)cn1. The molecule has 1 saturated carbocycles. The van der Waals surface area contributed by atoms with Crippen LogP contribution in [-0.4, -0.2) is 44.8 Å². The Morgan fingerprint density at radius 1 is 1.40 bits per heavy atom. The molecule has 1 unspecified atom stereocenters. The van der Waals surface area contributed by atoms with Crippen LogP contribution < -0.4 is 0 Å². The Balaban J connectivity index is 2.07. The van der Waals surface area contributed by atoms with E-state index in [0.717, 1.165) is 25.7 Å². The van der Waals surface area contributed by atoms with Crippen molar-refractivity contribution < 1.29 is 14.7 Å². The summed E-state index contributed by atoms with van der Waals surface area (Å²) < 4.78 is 1.31. The molecular weight excluding hydrogens is 258 g/mol. The first-order valence-corrected chi connectivity index (χ1v) is 7.05. The minimum absolute atomic E-state index is 0.0826. The topological polar surface area (TPSA) is 75.4 Å². The van der Waals surface area contributed by atoms with Crippen LogP contribution in [0.4, 0.5) is 0 Å². The molecule has 6 heteroatoms. The highest BCUT2D eigenvalue weighted by atomic mass is 16.4. The van der Waals surface area contributed by atoms with Crippen molar-refractivity contribution in [1.82, 2.24) is 14.7 Å². The van der Waals surface area contributed by atoms with E-state index in [9.17, 15) is 9.59 Å². The monoisotopic (exact) mass is 279 g/mol. The predicted molar refractivity (Wildman–Crippen MR) is 73.5 cm³/mol. The van der Waals surface area contributed by atoms with Gasteiger partial charge >= 0.3 is 5.97 Å². The molecule has 110 valence electrons. The summed E-state index contributed by atoms with van der Waals surface area (Å²) in [6.45, 7) is 1.54. The number of carbonyl (C=O) groups excluding carboxylic acids is 1. The Hall–Kier alpha value is -1.85. The molecule has 1 fully saturated rings. The molecule has 1 atom stereocenters. The largest absolute Gasteiger partial charge is 0.480 e. The zero-order chi connectivity index (χ0) is 14.7. The molecule has 0 spiro atoms. The van der Waals surface area contributed by atoms with Gasteiger partial charge in [0.2, 0.25) is 0 Å². The van der Waals surface area contributed by atoms with E-state index in [4.69, 9.17) is 5.11 Å². The van der Waals surface area contributed by atoms with Crippen LogP contribution in [-0.2, 0) is 4.79 Å². The molecule has 1 amide bonds. The normalized spacial score (nSPS) is 17.7. The second-order valence-corrected chi connectivity index (χ2v) is 5.43. The van der Waals surface area contributed by atoms with Gasteiger partial charge in [-0.15, -0.1) is 0 Å². The van der Waals surface area contributed by atoms with Crippen LogP contribution in [0.2, 0.25) is 0 Å². The van der Waals surface area contributed by atoms with Crippen molar-refractivity contribution in [2.24, 2.45) is 0 Å². The molecule has 0 saturated heterocycles. The lowest BCUT2D eigenvalue weighted by Crippen LogP contribution is -2.38. The summed E-state index contributed by atoms with van der Waals surface area (Å²) in [5.41, 5.74) is 0.450. The Morgan fingerprint density at radius 2 is 2.05 bits per heavy atom. The number of carboxylic acid groups (broad SMARTS) is 1. The van der Waals surface area contributed by atoms with Crippen LogP contribution in [0.25, 0.3) is 0 Å². The van der Waals surface area contributed by atoms with Crippen molar-refractivity contribution >= 4 is 11.9 Å². The van der Waals surface area contributed by atoms with Gasteiger partial charge in [0.05, 0.1) is 11.8 Å². The lowest BCUT2D eigenvalue weighted by atomic mass is 9.94. The Labute approximate surface area is 118 Å². The van der Waals surface area contributed by atoms with Crippen molar-refractivity contribution in [3.8, 4) is 0 Å². The number of aromatic nitrogens is 2. The van der Waals surface area contributed by atoms with Gasteiger partial charge in [-0.05, 0) is 19.8 Å². The molecule has 1 N–H and O–H groups in total. The van der Waals surface area contributed by atoms with Crippen molar-refractivity contribution in [3.05, 3.63) is 18.0 Å². The maximum absolute atomic E-state index is 12.4. The first kappa shape index (κ1) is 14.6. The predicted octanol–water partition coefficient (Wildman–Crippen LogP) is 1.93. The van der Waals surface area contributed by atoms with Gasteiger partial charge in [0.25, 0.3) is 5.91 Å². The Bertz CT molecular complexity index is 492. The van der Waals surface area contributed by atoms with Crippen LogP contribution in [0.5, 0.6) is 0 Å². The maximum Gasteiger partial charge on any atom is 0.328 e. The first-order chi connectivity index (χ1) is 9.50. The lowest BCUT2D eigenvalue weighted by molar-refractivity contribution is -0.140. The molecule has 1 aliphatic rings. The molecule has 6 nitrogen and oxygen atoms in total. The maximum atomic E-state index is 12.4. The van der Waals surface area contributed by atoms with Gasteiger partial charge < -0.3 is 10.0 Å². The molecular formula is C14H21N3O3. The fourth-order valence-corrected chi connectivity index (χ4v) is 2.61. The third kappa shape index (κ3) is 3.00. The quantitative estimate of drug-likeness (QED) is 0.913. The summed E-state index contributed by atoms with van der Waals surface area (Å²) in [6, 6.07) is -0.479. The highest BCUT2D eigenvalue weighted by Crippen LogP contribution is 2.23. The van der Waals surface area contributed by atoms with Crippen molar-refractivity contribution in [1.29, 1.82) is 0 Å². The van der Waals surface area contributed by atoms with Crippen LogP contribution >= 0.6 is 0 Å². The van der Waals surface area contributed by atoms with E-state index in [2.05, 4.69) is 5.10 Å². The molecule has 1 aromatic rings.